The molecule has 0 amide bonds. The maximum atomic E-state index is 9.16. The van der Waals surface area contributed by atoms with E-state index in [9.17, 15) is 0 Å². The maximum Gasteiger partial charge on any atom is 0.233 e. The first-order chi connectivity index (χ1) is 20.5. The van der Waals surface area contributed by atoms with E-state index in [0.29, 0.717) is 73.2 Å². The first-order valence-electron chi connectivity index (χ1n) is 13.5. The molecule has 0 bridgehead atoms. The quantitative estimate of drug-likeness (QED) is 0.0636. The van der Waals surface area contributed by atoms with Crippen molar-refractivity contribution >= 4 is 58.4 Å². The third-order valence-electron chi connectivity index (χ3n) is 5.54. The molecule has 2 heterocycles. The molecule has 2 aromatic carbocycles. The summed E-state index contributed by atoms with van der Waals surface area (Å²) in [4.78, 5) is 26.4. The summed E-state index contributed by atoms with van der Waals surface area (Å²) in [7, 11) is 0. The van der Waals surface area contributed by atoms with Crippen LogP contribution < -0.4 is 43.4 Å². The van der Waals surface area contributed by atoms with Crippen molar-refractivity contribution in [1.82, 2.24) is 29.9 Å². The molecule has 0 atom stereocenters. The van der Waals surface area contributed by atoms with Crippen molar-refractivity contribution in [2.75, 3.05) is 82.8 Å². The van der Waals surface area contributed by atoms with Crippen molar-refractivity contribution in [3.05, 3.63) is 48.5 Å². The third kappa shape index (κ3) is 9.76. The van der Waals surface area contributed by atoms with E-state index < -0.39 is 0 Å². The molecule has 16 heteroatoms. The summed E-state index contributed by atoms with van der Waals surface area (Å²) in [5, 5.41) is 37.0. The van der Waals surface area contributed by atoms with Gasteiger partial charge in [-0.3, -0.25) is 0 Å². The van der Waals surface area contributed by atoms with Crippen molar-refractivity contribution < 1.29 is 10.2 Å². The molecule has 0 saturated heterocycles. The lowest BCUT2D eigenvalue weighted by Gasteiger charge is -2.12. The molecule has 0 aliphatic heterocycles. The topological polar surface area (TPSA) is 242 Å². The molecule has 4 aromatic rings. The molecule has 0 aliphatic carbocycles. The molecule has 4 rings (SSSR count). The summed E-state index contributed by atoms with van der Waals surface area (Å²) in [6.07, 6.45) is 1.60. The first-order valence-corrected chi connectivity index (χ1v) is 13.5. The minimum Gasteiger partial charge on any atom is -0.399 e. The zero-order valence-electron chi connectivity index (χ0n) is 23.0. The average molecular weight is 577 g/mol. The average Bonchev–Trinajstić information content (AvgIpc) is 2.98. The van der Waals surface area contributed by atoms with E-state index in [2.05, 4.69) is 61.8 Å². The number of benzene rings is 2. The van der Waals surface area contributed by atoms with E-state index in [1.807, 2.05) is 24.3 Å². The molecule has 222 valence electrons. The Morgan fingerprint density at radius 3 is 1.43 bits per heavy atom. The van der Waals surface area contributed by atoms with Gasteiger partial charge in [-0.1, -0.05) is 6.07 Å². The van der Waals surface area contributed by atoms with Gasteiger partial charge >= 0.3 is 0 Å². The lowest BCUT2D eigenvalue weighted by molar-refractivity contribution is 0.310. The molecule has 0 fully saturated rings. The van der Waals surface area contributed by atoms with Crippen molar-refractivity contribution in [3.8, 4) is 0 Å². The number of nitrogens with two attached hydrogens (primary N) is 2. The fourth-order valence-corrected chi connectivity index (χ4v) is 3.61. The zero-order chi connectivity index (χ0) is 29.6. The van der Waals surface area contributed by atoms with Crippen molar-refractivity contribution in [3.63, 3.8) is 0 Å². The summed E-state index contributed by atoms with van der Waals surface area (Å²) in [6, 6.07) is 14.5. The molecule has 42 heavy (non-hydrogen) atoms. The summed E-state index contributed by atoms with van der Waals surface area (Å²) in [5.74, 6) is 2.14. The van der Waals surface area contributed by atoms with E-state index in [1.54, 1.807) is 24.3 Å². The van der Waals surface area contributed by atoms with Crippen LogP contribution in [0.3, 0.4) is 0 Å². The number of aliphatic hydroxyl groups is 2. The van der Waals surface area contributed by atoms with Gasteiger partial charge in [0.05, 0.1) is 13.2 Å². The highest BCUT2D eigenvalue weighted by molar-refractivity contribution is 5.61. The van der Waals surface area contributed by atoms with Crippen LogP contribution in [0.25, 0.3) is 0 Å². The van der Waals surface area contributed by atoms with Gasteiger partial charge in [0.25, 0.3) is 0 Å². The van der Waals surface area contributed by atoms with Crippen LogP contribution in [0, 0.1) is 0 Å². The molecular weight excluding hydrogens is 540 g/mol. The molecule has 0 unspecified atom stereocenters. The highest BCUT2D eigenvalue weighted by Crippen LogP contribution is 2.19. The smallest absolute Gasteiger partial charge is 0.233 e. The van der Waals surface area contributed by atoms with Gasteiger partial charge in [-0.2, -0.15) is 29.9 Å². The second-order valence-electron chi connectivity index (χ2n) is 8.97. The predicted octanol–water partition coefficient (Wildman–Crippen LogP) is 1.82. The first kappa shape index (κ1) is 29.8. The van der Waals surface area contributed by atoms with Crippen LogP contribution in [0.1, 0.15) is 12.8 Å². The van der Waals surface area contributed by atoms with E-state index in [0.717, 1.165) is 24.2 Å². The molecule has 0 spiro atoms. The normalized spacial score (nSPS) is 10.6. The van der Waals surface area contributed by atoms with Crippen LogP contribution in [0.4, 0.5) is 58.4 Å². The standard InChI is InChI=1S/C26H36N14O2/c27-17-6-8-19(9-7-17)33-25-37-21(35-23(39-25)31-12-14-41)29-10-1-2-11-30-22-36-24(32-13-15-42)40-26(38-22)34-20-5-3-4-18(28)16-20/h3-9,16,41-42H,1-2,10-15,27-28H2,(H3,29,31,33,35,37,39)(H3,30,32,34,36,38,40). The minimum atomic E-state index is -0.0570. The van der Waals surface area contributed by atoms with Gasteiger partial charge in [-0.25, -0.2) is 0 Å². The fourth-order valence-electron chi connectivity index (χ4n) is 3.61. The van der Waals surface area contributed by atoms with Gasteiger partial charge in [0.1, 0.15) is 0 Å². The maximum absolute atomic E-state index is 9.16. The Bertz CT molecular complexity index is 1410. The van der Waals surface area contributed by atoms with E-state index in [4.69, 9.17) is 21.7 Å². The van der Waals surface area contributed by atoms with Crippen molar-refractivity contribution in [2.45, 2.75) is 12.8 Å². The molecule has 16 nitrogen and oxygen atoms in total. The molecule has 0 radical (unpaired) electrons. The number of anilines is 10. The van der Waals surface area contributed by atoms with Crippen LogP contribution in [0.5, 0.6) is 0 Å². The third-order valence-corrected chi connectivity index (χ3v) is 5.54. The summed E-state index contributed by atoms with van der Waals surface area (Å²) < 4.78 is 0. The summed E-state index contributed by atoms with van der Waals surface area (Å²) >= 11 is 0. The lowest BCUT2D eigenvalue weighted by atomic mass is 10.3. The Hall–Kier alpha value is -5.22. The summed E-state index contributed by atoms with van der Waals surface area (Å²) in [6.45, 7) is 1.71. The number of unbranched alkanes of at least 4 members (excludes halogenated alkanes) is 1. The van der Waals surface area contributed by atoms with Crippen LogP contribution in [0.15, 0.2) is 48.5 Å². The highest BCUT2D eigenvalue weighted by atomic mass is 16.3. The van der Waals surface area contributed by atoms with Crippen LogP contribution in [-0.2, 0) is 0 Å². The minimum absolute atomic E-state index is 0.0548. The van der Waals surface area contributed by atoms with Gasteiger partial charge in [0, 0.05) is 48.9 Å². The second-order valence-corrected chi connectivity index (χ2v) is 8.97. The number of aromatic nitrogens is 6. The van der Waals surface area contributed by atoms with Crippen molar-refractivity contribution in [1.29, 1.82) is 0 Å². The van der Waals surface area contributed by atoms with E-state index in [-0.39, 0.29) is 13.2 Å². The molecule has 0 aliphatic rings. The Morgan fingerprint density at radius 2 is 0.952 bits per heavy atom. The number of nitrogens with one attached hydrogen (secondary N) is 6. The predicted molar refractivity (Wildman–Crippen MR) is 165 cm³/mol. The van der Waals surface area contributed by atoms with Gasteiger partial charge in [-0.15, -0.1) is 0 Å². The molecular formula is C26H36N14O2. The van der Waals surface area contributed by atoms with E-state index in [1.165, 1.54) is 0 Å². The van der Waals surface area contributed by atoms with Crippen molar-refractivity contribution in [2.24, 2.45) is 0 Å². The Morgan fingerprint density at radius 1 is 0.500 bits per heavy atom. The second kappa shape index (κ2) is 15.5. The van der Waals surface area contributed by atoms with Crippen LogP contribution in [-0.4, -0.2) is 79.5 Å². The van der Waals surface area contributed by atoms with Gasteiger partial charge in [0.2, 0.25) is 35.7 Å². The van der Waals surface area contributed by atoms with Gasteiger partial charge in [0.15, 0.2) is 0 Å². The Labute approximate surface area is 242 Å². The highest BCUT2D eigenvalue weighted by Gasteiger charge is 2.09. The van der Waals surface area contributed by atoms with Crippen LogP contribution in [0.2, 0.25) is 0 Å². The summed E-state index contributed by atoms with van der Waals surface area (Å²) in [5.41, 5.74) is 14.4. The SMILES string of the molecule is Nc1ccc(Nc2nc(NCCO)nc(NCCCCNc3nc(NCCO)nc(Nc4cccc(N)c4)n3)n2)cc1. The number of nitrogen functional groups attached to an aromatic ring is 2. The van der Waals surface area contributed by atoms with Crippen LogP contribution >= 0.6 is 0 Å². The number of nitrogens with zero attached hydrogens (tertiary/aromatic N) is 6. The zero-order valence-corrected chi connectivity index (χ0v) is 23.0. The molecule has 12 N–H and O–H groups in total. The number of hydrogen-bond donors (Lipinski definition) is 10. The fraction of sp³-hybridized carbons (Fsp3) is 0.308. The van der Waals surface area contributed by atoms with Gasteiger partial charge in [-0.05, 0) is 55.3 Å². The Kier molecular flexibility index (Phi) is 11.0. The Balaban J connectivity index is 1.30. The van der Waals surface area contributed by atoms with E-state index >= 15 is 0 Å². The van der Waals surface area contributed by atoms with Gasteiger partial charge < -0.3 is 53.6 Å². The number of rotatable bonds is 17. The number of aliphatic hydroxyl groups excluding tert-OH is 2. The lowest BCUT2D eigenvalue weighted by Crippen LogP contribution is -2.15. The molecule has 2 aromatic heterocycles. The monoisotopic (exact) mass is 576 g/mol. The largest absolute Gasteiger partial charge is 0.399 e. The number of hydrogen-bond acceptors (Lipinski definition) is 16. The molecule has 0 saturated carbocycles.